The standard InChI is InChI=1S/C13H16BrClN2O4/c1-20-5-4-16-12(18)7-17-13(19)8-21-11-3-2-9(14)6-10(11)15/h2-3,6H,4-5,7-8H2,1H3,(H,16,18)(H,17,19). The molecule has 116 valence electrons. The number of amides is 2. The lowest BCUT2D eigenvalue weighted by Crippen LogP contribution is -2.39. The van der Waals surface area contributed by atoms with E-state index in [-0.39, 0.29) is 19.1 Å². The predicted octanol–water partition coefficient (Wildman–Crippen LogP) is 1.36. The first-order valence-corrected chi connectivity index (χ1v) is 7.30. The zero-order chi connectivity index (χ0) is 15.7. The summed E-state index contributed by atoms with van der Waals surface area (Å²) in [4.78, 5) is 22.9. The van der Waals surface area contributed by atoms with Gasteiger partial charge in [-0.2, -0.15) is 0 Å². The van der Waals surface area contributed by atoms with Gasteiger partial charge in [-0.25, -0.2) is 0 Å². The minimum atomic E-state index is -0.407. The predicted molar refractivity (Wildman–Crippen MR) is 82.5 cm³/mol. The summed E-state index contributed by atoms with van der Waals surface area (Å²) in [5, 5.41) is 5.42. The Morgan fingerprint density at radius 2 is 2.05 bits per heavy atom. The van der Waals surface area contributed by atoms with Crippen molar-refractivity contribution in [2.75, 3.05) is 33.4 Å². The van der Waals surface area contributed by atoms with Gasteiger partial charge in [0.05, 0.1) is 18.2 Å². The number of hydrogen-bond acceptors (Lipinski definition) is 4. The van der Waals surface area contributed by atoms with E-state index in [1.807, 2.05) is 0 Å². The van der Waals surface area contributed by atoms with E-state index in [2.05, 4.69) is 26.6 Å². The highest BCUT2D eigenvalue weighted by molar-refractivity contribution is 9.10. The summed E-state index contributed by atoms with van der Waals surface area (Å²) in [5.41, 5.74) is 0. The normalized spacial score (nSPS) is 10.0. The van der Waals surface area contributed by atoms with Crippen molar-refractivity contribution in [2.45, 2.75) is 0 Å². The molecule has 0 atom stereocenters. The summed E-state index contributed by atoms with van der Waals surface area (Å²) >= 11 is 9.22. The molecule has 0 saturated carbocycles. The summed E-state index contributed by atoms with van der Waals surface area (Å²) in [6, 6.07) is 5.07. The Balaban J connectivity index is 2.26. The van der Waals surface area contributed by atoms with Crippen LogP contribution in [0.4, 0.5) is 0 Å². The summed E-state index contributed by atoms with van der Waals surface area (Å²) < 4.78 is 10.9. The molecule has 6 nitrogen and oxygen atoms in total. The highest BCUT2D eigenvalue weighted by Gasteiger charge is 2.08. The highest BCUT2D eigenvalue weighted by Crippen LogP contribution is 2.27. The molecule has 0 aliphatic rings. The van der Waals surface area contributed by atoms with Gasteiger partial charge in [0.2, 0.25) is 5.91 Å². The number of carbonyl (C=O) groups excluding carboxylic acids is 2. The molecule has 0 unspecified atom stereocenters. The fourth-order valence-electron chi connectivity index (χ4n) is 1.32. The van der Waals surface area contributed by atoms with Gasteiger partial charge in [0.1, 0.15) is 5.75 Å². The van der Waals surface area contributed by atoms with Crippen molar-refractivity contribution in [1.29, 1.82) is 0 Å². The number of ether oxygens (including phenoxy) is 2. The SMILES string of the molecule is COCCNC(=O)CNC(=O)COc1ccc(Br)cc1Cl. The van der Waals surface area contributed by atoms with E-state index >= 15 is 0 Å². The van der Waals surface area contributed by atoms with E-state index in [0.717, 1.165) is 4.47 Å². The Kier molecular flexibility index (Phi) is 8.11. The molecule has 0 radical (unpaired) electrons. The molecular weight excluding hydrogens is 364 g/mol. The van der Waals surface area contributed by atoms with Crippen LogP contribution in [0.25, 0.3) is 0 Å². The molecule has 0 aromatic heterocycles. The van der Waals surface area contributed by atoms with Crippen LogP contribution >= 0.6 is 27.5 Å². The van der Waals surface area contributed by atoms with E-state index < -0.39 is 5.91 Å². The molecule has 8 heteroatoms. The van der Waals surface area contributed by atoms with Gasteiger partial charge < -0.3 is 20.1 Å². The number of carbonyl (C=O) groups is 2. The summed E-state index contributed by atoms with van der Waals surface area (Å²) in [5.74, 6) is -0.294. The first-order chi connectivity index (χ1) is 10.0. The second kappa shape index (κ2) is 9.59. The maximum absolute atomic E-state index is 11.5. The van der Waals surface area contributed by atoms with E-state index in [1.54, 1.807) is 25.3 Å². The van der Waals surface area contributed by atoms with Crippen LogP contribution in [-0.2, 0) is 14.3 Å². The lowest BCUT2D eigenvalue weighted by Gasteiger charge is -2.09. The minimum absolute atomic E-state index is 0.111. The Labute approximate surface area is 136 Å². The topological polar surface area (TPSA) is 76.7 Å². The van der Waals surface area contributed by atoms with Crippen LogP contribution in [-0.4, -0.2) is 45.2 Å². The second-order valence-corrected chi connectivity index (χ2v) is 5.31. The lowest BCUT2D eigenvalue weighted by molar-refractivity contribution is -0.127. The van der Waals surface area contributed by atoms with Gasteiger partial charge in [0.15, 0.2) is 6.61 Å². The quantitative estimate of drug-likeness (QED) is 0.669. The molecule has 2 amide bonds. The van der Waals surface area contributed by atoms with Gasteiger partial charge in [-0.15, -0.1) is 0 Å². The summed E-state index contributed by atoms with van der Waals surface area (Å²) in [7, 11) is 1.54. The van der Waals surface area contributed by atoms with Crippen LogP contribution in [0, 0.1) is 0 Å². The molecule has 0 aliphatic heterocycles. The molecular formula is C13H16BrClN2O4. The molecule has 0 aliphatic carbocycles. The van der Waals surface area contributed by atoms with Gasteiger partial charge in [-0.3, -0.25) is 9.59 Å². The van der Waals surface area contributed by atoms with Gasteiger partial charge in [-0.1, -0.05) is 27.5 Å². The first-order valence-electron chi connectivity index (χ1n) is 6.13. The molecule has 0 spiro atoms. The fourth-order valence-corrected chi connectivity index (χ4v) is 2.05. The summed E-state index contributed by atoms with van der Waals surface area (Å²) in [6.45, 7) is 0.494. The van der Waals surface area contributed by atoms with E-state index in [4.69, 9.17) is 21.1 Å². The number of nitrogens with one attached hydrogen (secondary N) is 2. The number of halogens is 2. The van der Waals surface area contributed by atoms with Crippen LogP contribution < -0.4 is 15.4 Å². The van der Waals surface area contributed by atoms with Gasteiger partial charge in [-0.05, 0) is 18.2 Å². The van der Waals surface area contributed by atoms with Crippen LogP contribution in [0.1, 0.15) is 0 Å². The van der Waals surface area contributed by atoms with Crippen molar-refractivity contribution >= 4 is 39.3 Å². The fraction of sp³-hybridized carbons (Fsp3) is 0.385. The second-order valence-electron chi connectivity index (χ2n) is 3.98. The number of hydrogen-bond donors (Lipinski definition) is 2. The van der Waals surface area contributed by atoms with Crippen molar-refractivity contribution in [1.82, 2.24) is 10.6 Å². The highest BCUT2D eigenvalue weighted by atomic mass is 79.9. The Hall–Kier alpha value is -1.31. The van der Waals surface area contributed by atoms with Gasteiger partial charge >= 0.3 is 0 Å². The lowest BCUT2D eigenvalue weighted by atomic mass is 10.3. The van der Waals surface area contributed by atoms with Crippen molar-refractivity contribution < 1.29 is 19.1 Å². The van der Waals surface area contributed by atoms with E-state index in [0.29, 0.717) is 23.9 Å². The molecule has 0 bridgehead atoms. The third-order valence-electron chi connectivity index (χ3n) is 2.33. The molecule has 1 aromatic rings. The first kappa shape index (κ1) is 17.7. The van der Waals surface area contributed by atoms with E-state index in [9.17, 15) is 9.59 Å². The van der Waals surface area contributed by atoms with Gasteiger partial charge in [0.25, 0.3) is 5.91 Å². The van der Waals surface area contributed by atoms with Crippen molar-refractivity contribution in [3.63, 3.8) is 0 Å². The molecule has 21 heavy (non-hydrogen) atoms. The third-order valence-corrected chi connectivity index (χ3v) is 3.12. The maximum atomic E-state index is 11.5. The van der Waals surface area contributed by atoms with Gasteiger partial charge in [0, 0.05) is 18.1 Å². The number of methoxy groups -OCH3 is 1. The Morgan fingerprint density at radius 3 is 2.71 bits per heavy atom. The molecule has 1 aromatic carbocycles. The largest absolute Gasteiger partial charge is 0.482 e. The molecule has 0 heterocycles. The molecule has 0 saturated heterocycles. The van der Waals surface area contributed by atoms with Crippen molar-refractivity contribution in [3.8, 4) is 5.75 Å². The van der Waals surface area contributed by atoms with Crippen LogP contribution in [0.15, 0.2) is 22.7 Å². The third kappa shape index (κ3) is 7.31. The average Bonchev–Trinajstić information content (AvgIpc) is 2.44. The van der Waals surface area contributed by atoms with Crippen molar-refractivity contribution in [3.05, 3.63) is 27.7 Å². The smallest absolute Gasteiger partial charge is 0.258 e. The zero-order valence-corrected chi connectivity index (χ0v) is 13.8. The Bertz CT molecular complexity index is 499. The monoisotopic (exact) mass is 378 g/mol. The molecule has 0 fully saturated rings. The number of benzene rings is 1. The summed E-state index contributed by atoms with van der Waals surface area (Å²) in [6.07, 6.45) is 0. The van der Waals surface area contributed by atoms with Crippen LogP contribution in [0.2, 0.25) is 5.02 Å². The van der Waals surface area contributed by atoms with E-state index in [1.165, 1.54) is 0 Å². The maximum Gasteiger partial charge on any atom is 0.258 e. The molecule has 1 rings (SSSR count). The minimum Gasteiger partial charge on any atom is -0.482 e. The zero-order valence-electron chi connectivity index (χ0n) is 11.4. The molecule has 2 N–H and O–H groups in total. The number of rotatable bonds is 8. The average molecular weight is 380 g/mol. The van der Waals surface area contributed by atoms with Crippen molar-refractivity contribution in [2.24, 2.45) is 0 Å². The van der Waals surface area contributed by atoms with Crippen LogP contribution in [0.3, 0.4) is 0 Å². The Morgan fingerprint density at radius 1 is 1.29 bits per heavy atom. The van der Waals surface area contributed by atoms with Crippen LogP contribution in [0.5, 0.6) is 5.75 Å².